The van der Waals surface area contributed by atoms with Crippen LogP contribution in [0.4, 0.5) is 0 Å². The normalized spacial score (nSPS) is 18.8. The van der Waals surface area contributed by atoms with E-state index in [1.807, 2.05) is 48.6 Å². The number of aryl methyl sites for hydroxylation is 1. The molecule has 3 aromatic rings. The number of rotatable bonds is 4. The number of oxime groups is 1. The molecule has 7 heteroatoms. The van der Waals surface area contributed by atoms with Gasteiger partial charge in [0.25, 0.3) is 0 Å². The molecule has 1 aromatic carbocycles. The van der Waals surface area contributed by atoms with Gasteiger partial charge in [-0.3, -0.25) is 4.40 Å². The van der Waals surface area contributed by atoms with Gasteiger partial charge in [0.2, 0.25) is 0 Å². The van der Waals surface area contributed by atoms with Crippen LogP contribution in [0.2, 0.25) is 5.02 Å². The van der Waals surface area contributed by atoms with E-state index < -0.39 is 11.6 Å². The highest BCUT2D eigenvalue weighted by molar-refractivity contribution is 6.30. The van der Waals surface area contributed by atoms with E-state index in [9.17, 15) is 4.79 Å². The lowest BCUT2D eigenvalue weighted by Crippen LogP contribution is -2.21. The molecule has 0 fully saturated rings. The van der Waals surface area contributed by atoms with Crippen LogP contribution in [-0.2, 0) is 15.2 Å². The van der Waals surface area contributed by atoms with E-state index in [0.717, 1.165) is 22.5 Å². The molecule has 3 heterocycles. The van der Waals surface area contributed by atoms with Gasteiger partial charge in [-0.05, 0) is 61.4 Å². The molecule has 148 valence electrons. The van der Waals surface area contributed by atoms with Crippen molar-refractivity contribution >= 4 is 34.9 Å². The second-order valence-electron chi connectivity index (χ2n) is 7.24. The molecule has 4 rings (SSSR count). The summed E-state index contributed by atoms with van der Waals surface area (Å²) in [6.45, 7) is 4.01. The molecule has 29 heavy (non-hydrogen) atoms. The SMILES string of the molecule is COC(=O)c1ccc(/C=C/C2=NOC(C)(c3cc(C)cc(Cl)c3)C2)n2cncc12. The molecular weight excluding hydrogens is 390 g/mol. The molecule has 0 saturated carbocycles. The number of benzene rings is 1. The summed E-state index contributed by atoms with van der Waals surface area (Å²) in [4.78, 5) is 21.9. The second kappa shape index (κ2) is 7.37. The number of nitrogens with zero attached hydrogens (tertiary/aromatic N) is 3. The molecule has 1 aliphatic rings. The van der Waals surface area contributed by atoms with Crippen molar-refractivity contribution in [2.45, 2.75) is 25.9 Å². The number of halogens is 1. The van der Waals surface area contributed by atoms with Crippen LogP contribution >= 0.6 is 11.6 Å². The number of carbonyl (C=O) groups excluding carboxylic acids is 1. The van der Waals surface area contributed by atoms with Gasteiger partial charge in [0.1, 0.15) is 0 Å². The Morgan fingerprint density at radius 1 is 1.31 bits per heavy atom. The van der Waals surface area contributed by atoms with E-state index >= 15 is 0 Å². The zero-order chi connectivity index (χ0) is 20.6. The molecule has 2 aromatic heterocycles. The van der Waals surface area contributed by atoms with Gasteiger partial charge < -0.3 is 9.57 Å². The first-order valence-electron chi connectivity index (χ1n) is 9.14. The van der Waals surface area contributed by atoms with Crippen molar-refractivity contribution in [2.75, 3.05) is 7.11 Å². The molecule has 1 aliphatic heterocycles. The molecule has 0 radical (unpaired) electrons. The largest absolute Gasteiger partial charge is 0.465 e. The molecule has 1 atom stereocenters. The van der Waals surface area contributed by atoms with Gasteiger partial charge in [0.05, 0.1) is 36.4 Å². The van der Waals surface area contributed by atoms with E-state index in [4.69, 9.17) is 21.2 Å². The maximum Gasteiger partial charge on any atom is 0.340 e. The third-order valence-corrected chi connectivity index (χ3v) is 5.22. The molecular formula is C22H20ClN3O3. The first kappa shape index (κ1) is 19.2. The van der Waals surface area contributed by atoms with Crippen LogP contribution in [0.15, 0.2) is 54.1 Å². The highest BCUT2D eigenvalue weighted by Crippen LogP contribution is 2.36. The van der Waals surface area contributed by atoms with Gasteiger partial charge in [0.15, 0.2) is 5.60 Å². The summed E-state index contributed by atoms with van der Waals surface area (Å²) in [6.07, 6.45) is 7.75. The summed E-state index contributed by atoms with van der Waals surface area (Å²) in [5, 5.41) is 4.94. The van der Waals surface area contributed by atoms with Crippen LogP contribution < -0.4 is 0 Å². The number of ether oxygens (including phenoxy) is 1. The van der Waals surface area contributed by atoms with E-state index in [2.05, 4.69) is 16.2 Å². The monoisotopic (exact) mass is 409 g/mol. The minimum atomic E-state index is -0.561. The third kappa shape index (κ3) is 3.63. The molecule has 6 nitrogen and oxygen atoms in total. The average molecular weight is 410 g/mol. The Labute approximate surface area is 173 Å². The first-order chi connectivity index (χ1) is 13.9. The van der Waals surface area contributed by atoms with E-state index in [1.54, 1.807) is 18.6 Å². The number of aromatic nitrogens is 2. The van der Waals surface area contributed by atoms with Crippen LogP contribution in [0.3, 0.4) is 0 Å². The van der Waals surface area contributed by atoms with Crippen molar-refractivity contribution in [3.8, 4) is 0 Å². The van der Waals surface area contributed by atoms with Crippen molar-refractivity contribution in [1.82, 2.24) is 9.38 Å². The fraction of sp³-hybridized carbons (Fsp3) is 0.227. The number of allylic oxidation sites excluding steroid dienone is 1. The number of imidazole rings is 1. The number of hydrogen-bond acceptors (Lipinski definition) is 5. The van der Waals surface area contributed by atoms with E-state index in [1.165, 1.54) is 7.11 Å². The summed E-state index contributed by atoms with van der Waals surface area (Å²) in [6, 6.07) is 9.47. The standard InChI is InChI=1S/C22H20ClN3O3/c1-14-8-15(10-16(23)9-14)22(2)11-17(25-29-22)4-5-18-6-7-19(21(27)28-3)20-12-24-13-26(18)20/h4-10,12-13H,11H2,1-3H3/b5-4+. The Balaban J connectivity index is 1.58. The lowest BCUT2D eigenvalue weighted by molar-refractivity contribution is -0.00742. The summed E-state index contributed by atoms with van der Waals surface area (Å²) in [5.74, 6) is -0.396. The van der Waals surface area contributed by atoms with Gasteiger partial charge in [-0.15, -0.1) is 0 Å². The Morgan fingerprint density at radius 3 is 2.90 bits per heavy atom. The highest BCUT2D eigenvalue weighted by Gasteiger charge is 2.35. The summed E-state index contributed by atoms with van der Waals surface area (Å²) in [5.41, 5.74) is 4.34. The Bertz CT molecular complexity index is 1150. The summed E-state index contributed by atoms with van der Waals surface area (Å²) < 4.78 is 6.67. The van der Waals surface area contributed by atoms with Gasteiger partial charge in [-0.1, -0.05) is 22.8 Å². The fourth-order valence-corrected chi connectivity index (χ4v) is 3.78. The number of hydrogen-bond donors (Lipinski definition) is 0. The zero-order valence-corrected chi connectivity index (χ0v) is 17.1. The van der Waals surface area contributed by atoms with Crippen molar-refractivity contribution in [3.05, 3.63) is 76.3 Å². The third-order valence-electron chi connectivity index (χ3n) is 5.00. The minimum absolute atomic E-state index is 0.396. The highest BCUT2D eigenvalue weighted by atomic mass is 35.5. The van der Waals surface area contributed by atoms with Crippen molar-refractivity contribution in [3.63, 3.8) is 0 Å². The van der Waals surface area contributed by atoms with Crippen molar-refractivity contribution < 1.29 is 14.4 Å². The zero-order valence-electron chi connectivity index (χ0n) is 16.3. The second-order valence-corrected chi connectivity index (χ2v) is 7.68. The molecule has 0 saturated heterocycles. The molecule has 0 bridgehead atoms. The van der Waals surface area contributed by atoms with Gasteiger partial charge in [-0.2, -0.15) is 0 Å². The van der Waals surface area contributed by atoms with Crippen molar-refractivity contribution in [2.24, 2.45) is 5.16 Å². The molecule has 0 spiro atoms. The van der Waals surface area contributed by atoms with E-state index in [0.29, 0.717) is 22.5 Å². The topological polar surface area (TPSA) is 65.2 Å². The molecule has 1 unspecified atom stereocenters. The van der Waals surface area contributed by atoms with Crippen LogP contribution in [0.1, 0.15) is 40.5 Å². The number of esters is 1. The maximum atomic E-state index is 11.9. The number of carbonyl (C=O) groups is 1. The Kier molecular flexibility index (Phi) is 4.88. The quantitative estimate of drug-likeness (QED) is 0.581. The Hall–Kier alpha value is -3.12. The van der Waals surface area contributed by atoms with Gasteiger partial charge in [0, 0.05) is 17.1 Å². The van der Waals surface area contributed by atoms with Gasteiger partial charge >= 0.3 is 5.97 Å². The predicted octanol–water partition coefficient (Wildman–Crippen LogP) is 4.79. The van der Waals surface area contributed by atoms with Crippen LogP contribution in [-0.4, -0.2) is 28.2 Å². The average Bonchev–Trinajstić information content (AvgIpc) is 3.32. The maximum absolute atomic E-state index is 11.9. The summed E-state index contributed by atoms with van der Waals surface area (Å²) in [7, 11) is 1.36. The van der Waals surface area contributed by atoms with Crippen LogP contribution in [0.25, 0.3) is 11.6 Å². The van der Waals surface area contributed by atoms with Crippen molar-refractivity contribution in [1.29, 1.82) is 0 Å². The van der Waals surface area contributed by atoms with E-state index in [-0.39, 0.29) is 0 Å². The number of methoxy groups -OCH3 is 1. The molecule has 0 aliphatic carbocycles. The lowest BCUT2D eigenvalue weighted by atomic mass is 9.90. The molecule has 0 amide bonds. The minimum Gasteiger partial charge on any atom is -0.465 e. The van der Waals surface area contributed by atoms with Crippen LogP contribution in [0.5, 0.6) is 0 Å². The number of fused-ring (bicyclic) bond motifs is 1. The van der Waals surface area contributed by atoms with Crippen LogP contribution in [0, 0.1) is 6.92 Å². The Morgan fingerprint density at radius 2 is 2.14 bits per heavy atom. The fourth-order valence-electron chi connectivity index (χ4n) is 3.49. The number of pyridine rings is 1. The smallest absolute Gasteiger partial charge is 0.340 e. The first-order valence-corrected chi connectivity index (χ1v) is 9.51. The lowest BCUT2D eigenvalue weighted by Gasteiger charge is -2.22. The summed E-state index contributed by atoms with van der Waals surface area (Å²) >= 11 is 6.21. The predicted molar refractivity (Wildman–Crippen MR) is 112 cm³/mol. The van der Waals surface area contributed by atoms with Gasteiger partial charge in [-0.25, -0.2) is 9.78 Å². The molecule has 0 N–H and O–H groups in total.